The molecular formula is C20H38O7S. The maximum absolute atomic E-state index is 12.6. The lowest BCUT2D eigenvalue weighted by Gasteiger charge is -2.42. The van der Waals surface area contributed by atoms with Crippen LogP contribution in [0.2, 0.25) is 0 Å². The average Bonchev–Trinajstić information content (AvgIpc) is 2.59. The summed E-state index contributed by atoms with van der Waals surface area (Å²) >= 11 is 0. The van der Waals surface area contributed by atoms with Gasteiger partial charge in [-0.15, -0.1) is 0 Å². The first-order valence-electron chi connectivity index (χ1n) is 10.5. The maximum atomic E-state index is 12.6. The SMILES string of the molecule is CCCCC(CCC)C(C(=O)O)C(C(=O)O)(C(CCC)CCCC)S(=O)(=O)O. The molecule has 0 spiro atoms. The van der Waals surface area contributed by atoms with Crippen molar-refractivity contribution in [2.24, 2.45) is 17.8 Å². The molecule has 0 aliphatic carbocycles. The molecule has 166 valence electrons. The zero-order valence-electron chi connectivity index (χ0n) is 17.7. The van der Waals surface area contributed by atoms with Crippen molar-refractivity contribution in [3.05, 3.63) is 0 Å². The highest BCUT2D eigenvalue weighted by molar-refractivity contribution is 7.88. The van der Waals surface area contributed by atoms with Crippen molar-refractivity contribution in [2.75, 3.05) is 0 Å². The number of rotatable bonds is 16. The Balaban J connectivity index is 6.78. The Kier molecular flexibility index (Phi) is 11.9. The predicted octanol–water partition coefficient (Wildman–Crippen LogP) is 4.61. The summed E-state index contributed by atoms with van der Waals surface area (Å²) in [5.74, 6) is -6.52. The molecule has 8 heteroatoms. The standard InChI is InChI=1S/C20H38O7S/c1-5-9-13-15(11-7-3)17(18(21)22)20(19(23)24,28(25,26)27)16(12-8-4)14-10-6-2/h15-17H,5-14H2,1-4H3,(H,21,22)(H,23,24)(H,25,26,27). The molecule has 0 aromatic rings. The molecule has 0 bridgehead atoms. The van der Waals surface area contributed by atoms with Crippen LogP contribution >= 0.6 is 0 Å². The highest BCUT2D eigenvalue weighted by Gasteiger charge is 2.65. The molecule has 4 unspecified atom stereocenters. The van der Waals surface area contributed by atoms with Crippen molar-refractivity contribution in [2.45, 2.75) is 96.7 Å². The van der Waals surface area contributed by atoms with E-state index >= 15 is 0 Å². The fraction of sp³-hybridized carbons (Fsp3) is 0.900. The van der Waals surface area contributed by atoms with Crippen LogP contribution in [0.15, 0.2) is 0 Å². The van der Waals surface area contributed by atoms with E-state index in [1.54, 1.807) is 6.92 Å². The van der Waals surface area contributed by atoms with Crippen LogP contribution in [0.25, 0.3) is 0 Å². The molecule has 0 amide bonds. The molecule has 0 saturated carbocycles. The molecule has 0 aromatic heterocycles. The molecule has 0 fully saturated rings. The number of carbonyl (C=O) groups is 2. The van der Waals surface area contributed by atoms with Gasteiger partial charge in [-0.1, -0.05) is 66.2 Å². The van der Waals surface area contributed by atoms with Crippen LogP contribution in [0.3, 0.4) is 0 Å². The van der Waals surface area contributed by atoms with Crippen LogP contribution in [0.5, 0.6) is 0 Å². The van der Waals surface area contributed by atoms with E-state index < -0.39 is 44.6 Å². The van der Waals surface area contributed by atoms with E-state index in [0.717, 1.165) is 6.42 Å². The second-order valence-electron chi connectivity index (χ2n) is 7.71. The fourth-order valence-electron chi connectivity index (χ4n) is 4.47. The smallest absolute Gasteiger partial charge is 0.328 e. The molecule has 0 aliphatic rings. The largest absolute Gasteiger partial charge is 0.481 e. The normalized spacial score (nSPS) is 17.5. The minimum atomic E-state index is -5.19. The van der Waals surface area contributed by atoms with Crippen molar-refractivity contribution >= 4 is 22.1 Å². The number of carboxylic acid groups (broad SMARTS) is 2. The first kappa shape index (κ1) is 26.9. The Morgan fingerprint density at radius 1 is 0.821 bits per heavy atom. The fourth-order valence-corrected chi connectivity index (χ4v) is 5.96. The Labute approximate surface area is 169 Å². The molecule has 0 aliphatic heterocycles. The molecule has 0 aromatic carbocycles. The van der Waals surface area contributed by atoms with Crippen LogP contribution in [0, 0.1) is 17.8 Å². The minimum Gasteiger partial charge on any atom is -0.481 e. The van der Waals surface area contributed by atoms with Crippen molar-refractivity contribution in [1.29, 1.82) is 0 Å². The van der Waals surface area contributed by atoms with Gasteiger partial charge in [-0.3, -0.25) is 14.1 Å². The van der Waals surface area contributed by atoms with E-state index in [-0.39, 0.29) is 12.8 Å². The molecule has 7 nitrogen and oxygen atoms in total. The van der Waals surface area contributed by atoms with Gasteiger partial charge in [0.25, 0.3) is 10.1 Å². The zero-order chi connectivity index (χ0) is 22.0. The summed E-state index contributed by atoms with van der Waals surface area (Å²) in [5, 5.41) is 20.1. The Hall–Kier alpha value is -1.15. The number of hydrogen-bond acceptors (Lipinski definition) is 4. The van der Waals surface area contributed by atoms with Crippen molar-refractivity contribution in [3.8, 4) is 0 Å². The van der Waals surface area contributed by atoms with Crippen LogP contribution < -0.4 is 0 Å². The predicted molar refractivity (Wildman–Crippen MR) is 109 cm³/mol. The third kappa shape index (κ3) is 6.17. The van der Waals surface area contributed by atoms with E-state index in [1.807, 2.05) is 20.8 Å². The van der Waals surface area contributed by atoms with Gasteiger partial charge in [0.05, 0.1) is 5.92 Å². The van der Waals surface area contributed by atoms with E-state index in [9.17, 15) is 32.8 Å². The van der Waals surface area contributed by atoms with Gasteiger partial charge in [0.15, 0.2) is 0 Å². The van der Waals surface area contributed by atoms with Gasteiger partial charge in [0.1, 0.15) is 0 Å². The molecule has 0 saturated heterocycles. The first-order chi connectivity index (χ1) is 13.1. The lowest BCUT2D eigenvalue weighted by atomic mass is 9.68. The molecule has 0 heterocycles. The van der Waals surface area contributed by atoms with Gasteiger partial charge in [-0.2, -0.15) is 8.42 Å². The third-order valence-corrected chi connectivity index (χ3v) is 7.31. The highest BCUT2D eigenvalue weighted by atomic mass is 32.2. The molecule has 28 heavy (non-hydrogen) atoms. The van der Waals surface area contributed by atoms with E-state index in [0.29, 0.717) is 44.9 Å². The van der Waals surface area contributed by atoms with E-state index in [2.05, 4.69) is 0 Å². The Bertz CT molecular complexity index is 587. The summed E-state index contributed by atoms with van der Waals surface area (Å²) in [6.07, 6.45) is 5.12. The third-order valence-electron chi connectivity index (χ3n) is 5.70. The van der Waals surface area contributed by atoms with Crippen LogP contribution in [0.1, 0.15) is 91.9 Å². The second-order valence-corrected chi connectivity index (χ2v) is 9.33. The second kappa shape index (κ2) is 12.4. The number of aliphatic carboxylic acids is 2. The number of hydrogen-bond donors (Lipinski definition) is 3. The molecule has 0 radical (unpaired) electrons. The van der Waals surface area contributed by atoms with Crippen LogP contribution in [-0.4, -0.2) is 39.9 Å². The highest BCUT2D eigenvalue weighted by Crippen LogP contribution is 2.46. The summed E-state index contributed by atoms with van der Waals surface area (Å²) in [5.41, 5.74) is 0. The Morgan fingerprint density at radius 2 is 1.32 bits per heavy atom. The summed E-state index contributed by atoms with van der Waals surface area (Å²) in [7, 11) is -5.19. The van der Waals surface area contributed by atoms with Crippen LogP contribution in [-0.2, 0) is 19.7 Å². The number of carboxylic acids is 2. The quantitative estimate of drug-likeness (QED) is 0.310. The van der Waals surface area contributed by atoms with Gasteiger partial charge in [-0.25, -0.2) is 0 Å². The van der Waals surface area contributed by atoms with Gasteiger partial charge in [-0.05, 0) is 37.5 Å². The topological polar surface area (TPSA) is 129 Å². The molecule has 0 rings (SSSR count). The summed E-state index contributed by atoms with van der Waals surface area (Å²) in [6, 6.07) is 0. The maximum Gasteiger partial charge on any atom is 0.328 e. The lowest BCUT2D eigenvalue weighted by Crippen LogP contribution is -2.61. The molecule has 4 atom stereocenters. The number of unbranched alkanes of at least 4 members (excludes halogenated alkanes) is 2. The summed E-state index contributed by atoms with van der Waals surface area (Å²) in [6.45, 7) is 7.49. The van der Waals surface area contributed by atoms with Crippen LogP contribution in [0.4, 0.5) is 0 Å². The molecular weight excluding hydrogens is 384 g/mol. The lowest BCUT2D eigenvalue weighted by molar-refractivity contribution is -0.157. The zero-order valence-corrected chi connectivity index (χ0v) is 18.5. The first-order valence-corrected chi connectivity index (χ1v) is 11.9. The Morgan fingerprint density at radius 3 is 1.68 bits per heavy atom. The van der Waals surface area contributed by atoms with Crippen molar-refractivity contribution in [1.82, 2.24) is 0 Å². The summed E-state index contributed by atoms with van der Waals surface area (Å²) < 4.78 is 32.7. The van der Waals surface area contributed by atoms with Gasteiger partial charge < -0.3 is 10.2 Å². The van der Waals surface area contributed by atoms with Gasteiger partial charge in [0.2, 0.25) is 4.75 Å². The molecule has 3 N–H and O–H groups in total. The van der Waals surface area contributed by atoms with Gasteiger partial charge >= 0.3 is 11.9 Å². The summed E-state index contributed by atoms with van der Waals surface area (Å²) in [4.78, 5) is 24.8. The van der Waals surface area contributed by atoms with Crippen molar-refractivity contribution in [3.63, 3.8) is 0 Å². The monoisotopic (exact) mass is 422 g/mol. The minimum absolute atomic E-state index is 0.225. The van der Waals surface area contributed by atoms with Gasteiger partial charge in [0, 0.05) is 0 Å². The average molecular weight is 423 g/mol. The van der Waals surface area contributed by atoms with E-state index in [1.165, 1.54) is 0 Å². The van der Waals surface area contributed by atoms with E-state index in [4.69, 9.17) is 0 Å². The van der Waals surface area contributed by atoms with Crippen molar-refractivity contribution < 1.29 is 32.8 Å².